The van der Waals surface area contributed by atoms with Gasteiger partial charge in [-0.1, -0.05) is 25.5 Å². The highest BCUT2D eigenvalue weighted by atomic mass is 16.3. The van der Waals surface area contributed by atoms with Gasteiger partial charge in [-0.3, -0.25) is 9.69 Å². The highest BCUT2D eigenvalue weighted by molar-refractivity contribution is 5.78. The molecule has 0 radical (unpaired) electrons. The van der Waals surface area contributed by atoms with Gasteiger partial charge in [0.1, 0.15) is 0 Å². The molecule has 1 N–H and O–H groups in total. The molecule has 0 aliphatic carbocycles. The van der Waals surface area contributed by atoms with Crippen molar-refractivity contribution < 1.29 is 9.90 Å². The molecule has 0 aromatic rings. The molecule has 0 aromatic carbocycles. The number of β-amino-alcohol motifs (C(OH)–C–C–N with tert-alkyl or cyclic N) is 1. The van der Waals surface area contributed by atoms with Crippen molar-refractivity contribution >= 4 is 5.91 Å². The zero-order valence-corrected chi connectivity index (χ0v) is 11.9. The van der Waals surface area contributed by atoms with E-state index in [0.29, 0.717) is 32.7 Å². The van der Waals surface area contributed by atoms with Crippen LogP contribution in [0.1, 0.15) is 33.6 Å². The van der Waals surface area contributed by atoms with Crippen molar-refractivity contribution in [1.82, 2.24) is 9.80 Å². The van der Waals surface area contributed by atoms with E-state index in [1.54, 1.807) is 4.90 Å². The molecule has 0 aromatic heterocycles. The van der Waals surface area contributed by atoms with Crippen LogP contribution < -0.4 is 0 Å². The molecule has 104 valence electrons. The van der Waals surface area contributed by atoms with E-state index in [4.69, 9.17) is 0 Å². The van der Waals surface area contributed by atoms with Gasteiger partial charge < -0.3 is 10.0 Å². The Morgan fingerprint density at radius 2 is 2.06 bits per heavy atom. The fraction of sp³-hybridized carbons (Fsp3) is 0.786. The second-order valence-electron chi connectivity index (χ2n) is 5.48. The lowest BCUT2D eigenvalue weighted by atomic mass is 9.89. The first kappa shape index (κ1) is 15.2. The summed E-state index contributed by atoms with van der Waals surface area (Å²) in [5.41, 5.74) is 0.441. The summed E-state index contributed by atoms with van der Waals surface area (Å²) in [6, 6.07) is 0. The SMILES string of the molecule is C=C(C)CN(CC)C(=O)CN1CC(O)(CCC)C1. The summed E-state index contributed by atoms with van der Waals surface area (Å²) in [6.45, 7) is 12.8. The van der Waals surface area contributed by atoms with E-state index < -0.39 is 5.60 Å². The topological polar surface area (TPSA) is 43.8 Å². The van der Waals surface area contributed by atoms with Gasteiger partial charge in [-0.15, -0.1) is 0 Å². The van der Waals surface area contributed by atoms with E-state index in [9.17, 15) is 9.90 Å². The monoisotopic (exact) mass is 254 g/mol. The maximum absolute atomic E-state index is 12.0. The highest BCUT2D eigenvalue weighted by Crippen LogP contribution is 2.25. The third-order valence-corrected chi connectivity index (χ3v) is 3.31. The van der Waals surface area contributed by atoms with E-state index >= 15 is 0 Å². The fourth-order valence-electron chi connectivity index (χ4n) is 2.51. The van der Waals surface area contributed by atoms with Crippen LogP contribution in [0.25, 0.3) is 0 Å². The van der Waals surface area contributed by atoms with Gasteiger partial charge in [0, 0.05) is 26.2 Å². The predicted octanol–water partition coefficient (Wildman–Crippen LogP) is 1.26. The molecule has 1 amide bonds. The van der Waals surface area contributed by atoms with Crippen molar-refractivity contribution in [3.05, 3.63) is 12.2 Å². The molecule has 4 nitrogen and oxygen atoms in total. The molecule has 1 saturated heterocycles. The normalized spacial score (nSPS) is 18.2. The summed E-state index contributed by atoms with van der Waals surface area (Å²) in [7, 11) is 0. The second-order valence-corrected chi connectivity index (χ2v) is 5.48. The van der Waals surface area contributed by atoms with E-state index in [1.807, 2.05) is 18.7 Å². The van der Waals surface area contributed by atoms with Gasteiger partial charge in [0.2, 0.25) is 5.91 Å². The summed E-state index contributed by atoms with van der Waals surface area (Å²) in [5, 5.41) is 10.1. The number of rotatable bonds is 7. The van der Waals surface area contributed by atoms with Crippen molar-refractivity contribution in [2.24, 2.45) is 0 Å². The van der Waals surface area contributed by atoms with Crippen molar-refractivity contribution in [2.75, 3.05) is 32.7 Å². The highest BCUT2D eigenvalue weighted by Gasteiger charge is 2.40. The Morgan fingerprint density at radius 1 is 1.44 bits per heavy atom. The Balaban J connectivity index is 2.35. The quantitative estimate of drug-likeness (QED) is 0.696. The Labute approximate surface area is 110 Å². The molecule has 1 aliphatic heterocycles. The van der Waals surface area contributed by atoms with Gasteiger partial charge in [0.05, 0.1) is 12.1 Å². The smallest absolute Gasteiger partial charge is 0.237 e. The Morgan fingerprint density at radius 3 is 2.50 bits per heavy atom. The Hall–Kier alpha value is -0.870. The summed E-state index contributed by atoms with van der Waals surface area (Å²) in [5.74, 6) is 0.124. The number of likely N-dealkylation sites (N-methyl/N-ethyl adjacent to an activating group) is 1. The van der Waals surface area contributed by atoms with Crippen molar-refractivity contribution in [3.8, 4) is 0 Å². The van der Waals surface area contributed by atoms with Crippen LogP contribution in [0.2, 0.25) is 0 Å². The fourth-order valence-corrected chi connectivity index (χ4v) is 2.51. The van der Waals surface area contributed by atoms with Gasteiger partial charge in [-0.25, -0.2) is 0 Å². The van der Waals surface area contributed by atoms with Gasteiger partial charge >= 0.3 is 0 Å². The second kappa shape index (κ2) is 6.34. The molecule has 4 heteroatoms. The third-order valence-electron chi connectivity index (χ3n) is 3.31. The van der Waals surface area contributed by atoms with Gasteiger partial charge in [0.15, 0.2) is 0 Å². The summed E-state index contributed by atoms with van der Waals surface area (Å²) >= 11 is 0. The Bertz CT molecular complexity index is 309. The minimum absolute atomic E-state index is 0.124. The predicted molar refractivity (Wildman–Crippen MR) is 73.4 cm³/mol. The molecule has 0 atom stereocenters. The maximum Gasteiger partial charge on any atom is 0.237 e. The van der Waals surface area contributed by atoms with E-state index in [0.717, 1.165) is 18.4 Å². The molecule has 0 unspecified atom stereocenters. The van der Waals surface area contributed by atoms with Crippen molar-refractivity contribution in [2.45, 2.75) is 39.2 Å². The zero-order chi connectivity index (χ0) is 13.8. The van der Waals surface area contributed by atoms with Gasteiger partial charge in [-0.05, 0) is 20.3 Å². The number of aliphatic hydroxyl groups is 1. The molecule has 1 rings (SSSR count). The molecule has 1 heterocycles. The minimum atomic E-state index is -0.555. The number of amides is 1. The van der Waals surface area contributed by atoms with Crippen LogP contribution in [0.4, 0.5) is 0 Å². The lowest BCUT2D eigenvalue weighted by molar-refractivity contribution is -0.142. The largest absolute Gasteiger partial charge is 0.387 e. The lowest BCUT2D eigenvalue weighted by Gasteiger charge is -2.46. The average molecular weight is 254 g/mol. The van der Waals surface area contributed by atoms with Crippen LogP contribution >= 0.6 is 0 Å². The third kappa shape index (κ3) is 4.10. The first-order chi connectivity index (χ1) is 8.40. The van der Waals surface area contributed by atoms with Crippen LogP contribution in [-0.2, 0) is 4.79 Å². The first-order valence-electron chi connectivity index (χ1n) is 6.77. The van der Waals surface area contributed by atoms with Crippen LogP contribution in [0, 0.1) is 0 Å². The number of nitrogens with zero attached hydrogens (tertiary/aromatic N) is 2. The number of hydrogen-bond acceptors (Lipinski definition) is 3. The number of likely N-dealkylation sites (tertiary alicyclic amines) is 1. The first-order valence-corrected chi connectivity index (χ1v) is 6.77. The van der Waals surface area contributed by atoms with Crippen LogP contribution in [0.5, 0.6) is 0 Å². The summed E-state index contributed by atoms with van der Waals surface area (Å²) < 4.78 is 0. The van der Waals surface area contributed by atoms with Crippen LogP contribution in [0.15, 0.2) is 12.2 Å². The maximum atomic E-state index is 12.0. The molecule has 0 spiro atoms. The van der Waals surface area contributed by atoms with Crippen LogP contribution in [0.3, 0.4) is 0 Å². The van der Waals surface area contributed by atoms with Crippen molar-refractivity contribution in [1.29, 1.82) is 0 Å². The molecule has 1 fully saturated rings. The van der Waals surface area contributed by atoms with E-state index in [1.165, 1.54) is 0 Å². The zero-order valence-electron chi connectivity index (χ0n) is 11.9. The lowest BCUT2D eigenvalue weighted by Crippen LogP contribution is -2.63. The van der Waals surface area contributed by atoms with E-state index in [-0.39, 0.29) is 5.91 Å². The molecule has 0 bridgehead atoms. The van der Waals surface area contributed by atoms with Gasteiger partial charge in [0.25, 0.3) is 0 Å². The molecule has 1 aliphatic rings. The summed E-state index contributed by atoms with van der Waals surface area (Å²) in [6.07, 6.45) is 1.80. The minimum Gasteiger partial charge on any atom is -0.387 e. The number of carbonyl (C=O) groups is 1. The number of hydrogen-bond donors (Lipinski definition) is 1. The number of carbonyl (C=O) groups excluding carboxylic acids is 1. The molecule has 0 saturated carbocycles. The van der Waals surface area contributed by atoms with Gasteiger partial charge in [-0.2, -0.15) is 0 Å². The summed E-state index contributed by atoms with van der Waals surface area (Å²) in [4.78, 5) is 15.9. The van der Waals surface area contributed by atoms with Crippen molar-refractivity contribution in [3.63, 3.8) is 0 Å². The standard InChI is InChI=1S/C14H26N2O2/c1-5-7-14(18)10-15(11-14)9-13(17)16(6-2)8-12(3)4/h18H,3,5-11H2,1-2,4H3. The van der Waals surface area contributed by atoms with Crippen LogP contribution in [-0.4, -0.2) is 59.1 Å². The molecular formula is C14H26N2O2. The molecular weight excluding hydrogens is 228 g/mol. The van der Waals surface area contributed by atoms with E-state index in [2.05, 4.69) is 13.5 Å². The average Bonchev–Trinajstić information content (AvgIpc) is 2.23. The Kier molecular flexibility index (Phi) is 5.35. The molecule has 18 heavy (non-hydrogen) atoms.